The summed E-state index contributed by atoms with van der Waals surface area (Å²) in [4.78, 5) is 11.9. The highest BCUT2D eigenvalue weighted by atomic mass is 16.5. The molecule has 0 radical (unpaired) electrons. The number of methoxy groups -OCH3 is 2. The zero-order valence-corrected chi connectivity index (χ0v) is 14.1. The van der Waals surface area contributed by atoms with Gasteiger partial charge in [0, 0.05) is 13.0 Å². The molecule has 0 aromatic heterocycles. The van der Waals surface area contributed by atoms with Crippen molar-refractivity contribution in [1.29, 1.82) is 0 Å². The van der Waals surface area contributed by atoms with Gasteiger partial charge in [0.05, 0.1) is 20.8 Å². The molecule has 5 heteroatoms. The van der Waals surface area contributed by atoms with E-state index in [-0.39, 0.29) is 5.91 Å². The van der Waals surface area contributed by atoms with E-state index in [9.17, 15) is 4.79 Å². The topological polar surface area (TPSA) is 56.8 Å². The second-order valence-electron chi connectivity index (χ2n) is 5.26. The number of rotatable bonds is 9. The van der Waals surface area contributed by atoms with E-state index in [0.29, 0.717) is 26.0 Å². The lowest BCUT2D eigenvalue weighted by Crippen LogP contribution is -2.22. The van der Waals surface area contributed by atoms with Crippen LogP contribution in [0, 0.1) is 0 Å². The maximum Gasteiger partial charge on any atom is 0.220 e. The second kappa shape index (κ2) is 9.45. The van der Waals surface area contributed by atoms with Crippen LogP contribution in [0.1, 0.15) is 18.4 Å². The maximum absolute atomic E-state index is 11.9. The van der Waals surface area contributed by atoms with Crippen LogP contribution >= 0.6 is 0 Å². The third-order valence-electron chi connectivity index (χ3n) is 3.50. The summed E-state index contributed by atoms with van der Waals surface area (Å²) in [5, 5.41) is 2.90. The zero-order chi connectivity index (χ0) is 17.2. The Hall–Kier alpha value is -2.69. The van der Waals surface area contributed by atoms with Gasteiger partial charge in [-0.2, -0.15) is 0 Å². The van der Waals surface area contributed by atoms with Crippen molar-refractivity contribution in [2.45, 2.75) is 19.4 Å². The summed E-state index contributed by atoms with van der Waals surface area (Å²) in [7, 11) is 3.25. The Morgan fingerprint density at radius 1 is 0.958 bits per heavy atom. The number of nitrogens with one attached hydrogen (secondary N) is 1. The van der Waals surface area contributed by atoms with E-state index in [2.05, 4.69) is 5.32 Å². The Morgan fingerprint density at radius 3 is 2.38 bits per heavy atom. The van der Waals surface area contributed by atoms with Gasteiger partial charge in [0.15, 0.2) is 0 Å². The Kier molecular flexibility index (Phi) is 6.95. The quantitative estimate of drug-likeness (QED) is 0.718. The lowest BCUT2D eigenvalue weighted by molar-refractivity contribution is -0.121. The summed E-state index contributed by atoms with van der Waals surface area (Å²) in [6.07, 6.45) is 1.09. The SMILES string of the molecule is COc1ccc(OCCCC(=O)NCc2cccc(OC)c2)cc1. The summed E-state index contributed by atoms with van der Waals surface area (Å²) in [5.41, 5.74) is 1.01. The minimum Gasteiger partial charge on any atom is -0.497 e. The van der Waals surface area contributed by atoms with Gasteiger partial charge in [-0.15, -0.1) is 0 Å². The summed E-state index contributed by atoms with van der Waals surface area (Å²) in [5.74, 6) is 2.36. The first-order valence-corrected chi connectivity index (χ1v) is 7.88. The fraction of sp³-hybridized carbons (Fsp3) is 0.316. The van der Waals surface area contributed by atoms with Crippen molar-refractivity contribution in [1.82, 2.24) is 5.32 Å². The molecule has 5 nitrogen and oxygen atoms in total. The number of carbonyl (C=O) groups excluding carboxylic acids is 1. The molecule has 128 valence electrons. The molecule has 2 aromatic rings. The number of carbonyl (C=O) groups is 1. The Bertz CT molecular complexity index is 640. The third-order valence-corrected chi connectivity index (χ3v) is 3.50. The van der Waals surface area contributed by atoms with Crippen molar-refractivity contribution in [2.24, 2.45) is 0 Å². The molecule has 0 unspecified atom stereocenters. The highest BCUT2D eigenvalue weighted by molar-refractivity contribution is 5.75. The van der Waals surface area contributed by atoms with Gasteiger partial charge in [-0.25, -0.2) is 0 Å². The molecule has 0 aliphatic rings. The molecule has 0 heterocycles. The van der Waals surface area contributed by atoms with E-state index in [4.69, 9.17) is 14.2 Å². The fourth-order valence-corrected chi connectivity index (χ4v) is 2.17. The van der Waals surface area contributed by atoms with Crippen molar-refractivity contribution in [3.63, 3.8) is 0 Å². The van der Waals surface area contributed by atoms with Crippen LogP contribution in [-0.4, -0.2) is 26.7 Å². The monoisotopic (exact) mass is 329 g/mol. The minimum absolute atomic E-state index is 0.0103. The first-order chi connectivity index (χ1) is 11.7. The number of amides is 1. The molecule has 0 saturated carbocycles. The van der Waals surface area contributed by atoms with Crippen molar-refractivity contribution in [3.05, 3.63) is 54.1 Å². The van der Waals surface area contributed by atoms with Gasteiger partial charge in [-0.3, -0.25) is 4.79 Å². The number of ether oxygens (including phenoxy) is 3. The van der Waals surface area contributed by atoms with E-state index >= 15 is 0 Å². The van der Waals surface area contributed by atoms with Crippen LogP contribution < -0.4 is 19.5 Å². The van der Waals surface area contributed by atoms with Gasteiger partial charge in [0.1, 0.15) is 17.2 Å². The smallest absolute Gasteiger partial charge is 0.220 e. The molecule has 0 spiro atoms. The summed E-state index contributed by atoms with van der Waals surface area (Å²) in [6, 6.07) is 15.0. The van der Waals surface area contributed by atoms with E-state index in [1.165, 1.54) is 0 Å². The van der Waals surface area contributed by atoms with Crippen LogP contribution in [0.15, 0.2) is 48.5 Å². The Balaban J connectivity index is 1.63. The Labute approximate surface area is 142 Å². The van der Waals surface area contributed by atoms with Crippen LogP contribution in [0.3, 0.4) is 0 Å². The highest BCUT2D eigenvalue weighted by Gasteiger charge is 2.03. The molecule has 0 atom stereocenters. The van der Waals surface area contributed by atoms with Gasteiger partial charge in [-0.05, 0) is 48.4 Å². The van der Waals surface area contributed by atoms with E-state index in [0.717, 1.165) is 22.8 Å². The molecule has 0 bridgehead atoms. The molecule has 0 saturated heterocycles. The van der Waals surface area contributed by atoms with E-state index in [1.54, 1.807) is 14.2 Å². The molecule has 24 heavy (non-hydrogen) atoms. The predicted molar refractivity (Wildman–Crippen MR) is 92.6 cm³/mol. The second-order valence-corrected chi connectivity index (χ2v) is 5.26. The predicted octanol–water partition coefficient (Wildman–Crippen LogP) is 3.18. The lowest BCUT2D eigenvalue weighted by atomic mass is 10.2. The minimum atomic E-state index is 0.0103. The molecule has 1 amide bonds. The first kappa shape index (κ1) is 17.7. The van der Waals surface area contributed by atoms with Gasteiger partial charge in [-0.1, -0.05) is 12.1 Å². The van der Waals surface area contributed by atoms with Crippen molar-refractivity contribution in [2.75, 3.05) is 20.8 Å². The zero-order valence-electron chi connectivity index (χ0n) is 14.1. The van der Waals surface area contributed by atoms with Gasteiger partial charge < -0.3 is 19.5 Å². The normalized spacial score (nSPS) is 10.1. The number of hydrogen-bond acceptors (Lipinski definition) is 4. The lowest BCUT2D eigenvalue weighted by Gasteiger charge is -2.08. The summed E-state index contributed by atoms with van der Waals surface area (Å²) in [6.45, 7) is 0.994. The average molecular weight is 329 g/mol. The van der Waals surface area contributed by atoms with Crippen LogP contribution in [0.2, 0.25) is 0 Å². The van der Waals surface area contributed by atoms with Gasteiger partial charge in [0.2, 0.25) is 5.91 Å². The maximum atomic E-state index is 11.9. The fourth-order valence-electron chi connectivity index (χ4n) is 2.17. The molecule has 2 rings (SSSR count). The molecule has 0 fully saturated rings. The van der Waals surface area contributed by atoms with Crippen LogP contribution in [0.5, 0.6) is 17.2 Å². The van der Waals surface area contributed by atoms with E-state index < -0.39 is 0 Å². The van der Waals surface area contributed by atoms with Crippen molar-refractivity contribution in [3.8, 4) is 17.2 Å². The Morgan fingerprint density at radius 2 is 1.67 bits per heavy atom. The summed E-state index contributed by atoms with van der Waals surface area (Å²) >= 11 is 0. The van der Waals surface area contributed by atoms with Crippen molar-refractivity contribution >= 4 is 5.91 Å². The molecule has 0 aliphatic carbocycles. The molecule has 2 aromatic carbocycles. The number of benzene rings is 2. The molecule has 1 N–H and O–H groups in total. The molecule has 0 aliphatic heterocycles. The van der Waals surface area contributed by atoms with Crippen LogP contribution in [-0.2, 0) is 11.3 Å². The molecular formula is C19H23NO4. The van der Waals surface area contributed by atoms with E-state index in [1.807, 2.05) is 48.5 Å². The van der Waals surface area contributed by atoms with Crippen molar-refractivity contribution < 1.29 is 19.0 Å². The van der Waals surface area contributed by atoms with Gasteiger partial charge >= 0.3 is 0 Å². The highest BCUT2D eigenvalue weighted by Crippen LogP contribution is 2.17. The number of hydrogen-bond donors (Lipinski definition) is 1. The average Bonchev–Trinajstić information content (AvgIpc) is 2.64. The van der Waals surface area contributed by atoms with Crippen LogP contribution in [0.4, 0.5) is 0 Å². The standard InChI is InChI=1S/C19H23NO4/c1-22-16-8-10-17(11-9-16)24-12-4-7-19(21)20-14-15-5-3-6-18(13-15)23-2/h3,5-6,8-11,13H,4,7,12,14H2,1-2H3,(H,20,21). The largest absolute Gasteiger partial charge is 0.497 e. The molecular weight excluding hydrogens is 306 g/mol. The first-order valence-electron chi connectivity index (χ1n) is 7.88. The van der Waals surface area contributed by atoms with Crippen LogP contribution in [0.25, 0.3) is 0 Å². The third kappa shape index (κ3) is 5.83. The van der Waals surface area contributed by atoms with Gasteiger partial charge in [0.25, 0.3) is 0 Å². The summed E-state index contributed by atoms with van der Waals surface area (Å²) < 4.78 is 15.8.